The quantitative estimate of drug-likeness (QED) is 0.237. The van der Waals surface area contributed by atoms with E-state index in [1.807, 2.05) is 45.0 Å². The highest BCUT2D eigenvalue weighted by atomic mass is 35.5. The van der Waals surface area contributed by atoms with Gasteiger partial charge in [0, 0.05) is 28.6 Å². The molecule has 2 aromatic heterocycles. The lowest BCUT2D eigenvalue weighted by Crippen LogP contribution is -2.42. The van der Waals surface area contributed by atoms with Crippen LogP contribution >= 0.6 is 11.6 Å². The highest BCUT2D eigenvalue weighted by Crippen LogP contribution is 2.31. The zero-order valence-electron chi connectivity index (χ0n) is 22.6. The molecule has 0 radical (unpaired) electrons. The third-order valence-corrected chi connectivity index (χ3v) is 6.86. The zero-order valence-corrected chi connectivity index (χ0v) is 23.4. The Hall–Kier alpha value is -4.18. The second-order valence-corrected chi connectivity index (χ2v) is 11.4. The first-order valence-electron chi connectivity index (χ1n) is 13.3. The van der Waals surface area contributed by atoms with Gasteiger partial charge in [-0.1, -0.05) is 29.8 Å². The molecule has 208 valence electrons. The van der Waals surface area contributed by atoms with Gasteiger partial charge in [-0.25, -0.2) is 14.8 Å². The van der Waals surface area contributed by atoms with Crippen molar-refractivity contribution in [1.29, 1.82) is 0 Å². The molecule has 2 heterocycles. The Morgan fingerprint density at radius 2 is 1.77 bits per heavy atom. The minimum atomic E-state index is -0.542. The van der Waals surface area contributed by atoms with Crippen molar-refractivity contribution in [2.75, 3.05) is 5.32 Å². The third-order valence-electron chi connectivity index (χ3n) is 6.59. The summed E-state index contributed by atoms with van der Waals surface area (Å²) < 4.78 is 5.29. The maximum Gasteiger partial charge on any atom is 0.413 e. The molecule has 0 unspecified atom stereocenters. The number of nitrogens with zero attached hydrogens (tertiary/aromatic N) is 3. The van der Waals surface area contributed by atoms with Crippen molar-refractivity contribution in [3.8, 4) is 17.1 Å². The Morgan fingerprint density at radius 1 is 1.02 bits per heavy atom. The number of anilines is 1. The molecule has 1 saturated carbocycles. The van der Waals surface area contributed by atoms with E-state index in [-0.39, 0.29) is 18.0 Å². The maximum atomic E-state index is 12.9. The van der Waals surface area contributed by atoms with Gasteiger partial charge in [-0.15, -0.1) is 0 Å². The lowest BCUT2D eigenvalue weighted by atomic mass is 9.91. The van der Waals surface area contributed by atoms with Gasteiger partial charge in [-0.3, -0.25) is 9.89 Å². The monoisotopic (exact) mass is 561 g/mol. The molecule has 5 rings (SSSR count). The average molecular weight is 562 g/mol. The molecular weight excluding hydrogens is 530 g/mol. The van der Waals surface area contributed by atoms with E-state index in [0.29, 0.717) is 33.7 Å². The molecule has 2 atom stereocenters. The average Bonchev–Trinajstić information content (AvgIpc) is 3.33. The van der Waals surface area contributed by atoms with E-state index >= 15 is 0 Å². The molecular formula is C29H32ClN7O3. The number of fused-ring (bicyclic) bond motifs is 1. The fourth-order valence-corrected chi connectivity index (χ4v) is 4.94. The molecule has 0 aliphatic heterocycles. The number of ether oxygens (including phenoxy) is 1. The van der Waals surface area contributed by atoms with Gasteiger partial charge in [0.1, 0.15) is 17.1 Å². The van der Waals surface area contributed by atoms with Crippen LogP contribution in [-0.2, 0) is 0 Å². The number of para-hydroxylation sites is 1. The predicted octanol–water partition coefficient (Wildman–Crippen LogP) is 5.71. The van der Waals surface area contributed by atoms with E-state index < -0.39 is 11.6 Å². The highest BCUT2D eigenvalue weighted by Gasteiger charge is 2.25. The largest absolute Gasteiger partial charge is 0.413 e. The second kappa shape index (κ2) is 11.5. The summed E-state index contributed by atoms with van der Waals surface area (Å²) in [5.41, 5.74) is 2.23. The first-order chi connectivity index (χ1) is 19.1. The number of nitrogens with one attached hydrogen (secondary N) is 4. The minimum Gasteiger partial charge on any atom is -0.410 e. The number of hydrogen-bond donors (Lipinski definition) is 4. The van der Waals surface area contributed by atoms with Gasteiger partial charge in [0.05, 0.1) is 16.7 Å². The Kier molecular flexibility index (Phi) is 7.88. The van der Waals surface area contributed by atoms with Crippen LogP contribution in [0.3, 0.4) is 0 Å². The third kappa shape index (κ3) is 6.69. The lowest BCUT2D eigenvalue weighted by Gasteiger charge is -2.30. The van der Waals surface area contributed by atoms with Gasteiger partial charge in [0.15, 0.2) is 0 Å². The lowest BCUT2D eigenvalue weighted by molar-refractivity contribution is 0.0926. The van der Waals surface area contributed by atoms with Crippen LogP contribution in [0, 0.1) is 0 Å². The summed E-state index contributed by atoms with van der Waals surface area (Å²) in [6.07, 6.45) is 4.53. The zero-order chi connectivity index (χ0) is 28.3. The molecule has 10 nitrogen and oxygen atoms in total. The number of H-pyrrole nitrogens is 1. The summed E-state index contributed by atoms with van der Waals surface area (Å²) in [6.45, 7) is 5.61. The number of benzene rings is 2. The molecule has 2 amide bonds. The van der Waals surface area contributed by atoms with E-state index in [9.17, 15) is 9.59 Å². The van der Waals surface area contributed by atoms with Gasteiger partial charge in [-0.2, -0.15) is 5.10 Å². The van der Waals surface area contributed by atoms with Crippen LogP contribution in [0.2, 0.25) is 5.02 Å². The fourth-order valence-electron chi connectivity index (χ4n) is 4.76. The van der Waals surface area contributed by atoms with Crippen LogP contribution in [0.15, 0.2) is 54.7 Å². The summed E-state index contributed by atoms with van der Waals surface area (Å²) in [7, 11) is 0. The van der Waals surface area contributed by atoms with Gasteiger partial charge in [-0.05, 0) is 76.8 Å². The van der Waals surface area contributed by atoms with Crippen molar-refractivity contribution in [2.24, 2.45) is 0 Å². The number of rotatable bonds is 6. The number of carbonyl (C=O) groups excluding carboxylic acids is 2. The maximum absolute atomic E-state index is 12.9. The normalized spacial score (nSPS) is 17.3. The van der Waals surface area contributed by atoms with Crippen LogP contribution < -0.4 is 20.7 Å². The molecule has 11 heteroatoms. The van der Waals surface area contributed by atoms with Crippen LogP contribution in [0.5, 0.6) is 5.75 Å². The van der Waals surface area contributed by atoms with Crippen molar-refractivity contribution in [3.63, 3.8) is 0 Å². The van der Waals surface area contributed by atoms with Crippen molar-refractivity contribution in [1.82, 2.24) is 30.8 Å². The Morgan fingerprint density at radius 3 is 2.55 bits per heavy atom. The molecule has 40 heavy (non-hydrogen) atoms. The Labute approximate surface area is 237 Å². The molecule has 1 aliphatic carbocycles. The predicted molar refractivity (Wildman–Crippen MR) is 155 cm³/mol. The molecule has 2 aromatic carbocycles. The number of aromatic amines is 1. The van der Waals surface area contributed by atoms with Crippen molar-refractivity contribution in [2.45, 2.75) is 64.1 Å². The molecule has 4 N–H and O–H groups in total. The molecule has 0 saturated heterocycles. The number of hydrogen-bond acceptors (Lipinski definition) is 7. The minimum absolute atomic E-state index is 0.00528. The first-order valence-corrected chi connectivity index (χ1v) is 13.7. The molecule has 0 bridgehead atoms. The SMILES string of the molecule is CC(C)(C)NC(=O)Oc1ccc(C(=O)N[C@H]2CCC[C@@H](Nc3ncc(Cl)c(-c4n[nH]c5ccccc45)n3)C2)cc1. The summed E-state index contributed by atoms with van der Waals surface area (Å²) in [5, 5.41) is 18.1. The summed E-state index contributed by atoms with van der Waals surface area (Å²) in [5.74, 6) is 0.659. The molecule has 4 aromatic rings. The van der Waals surface area contributed by atoms with Gasteiger partial charge < -0.3 is 20.7 Å². The van der Waals surface area contributed by atoms with E-state index in [2.05, 4.69) is 36.1 Å². The van der Waals surface area contributed by atoms with E-state index in [4.69, 9.17) is 16.3 Å². The Bertz CT molecular complexity index is 1510. The smallest absolute Gasteiger partial charge is 0.410 e. The molecule has 1 aliphatic rings. The summed E-state index contributed by atoms with van der Waals surface area (Å²) in [6, 6.07) is 14.4. The number of aromatic nitrogens is 4. The van der Waals surface area contributed by atoms with Crippen molar-refractivity contribution < 1.29 is 14.3 Å². The second-order valence-electron chi connectivity index (χ2n) is 11.0. The van der Waals surface area contributed by atoms with Crippen LogP contribution in [-0.4, -0.2) is 49.8 Å². The first kappa shape index (κ1) is 27.4. The Balaban J connectivity index is 1.19. The fraction of sp³-hybridized carbons (Fsp3) is 0.345. The van der Waals surface area contributed by atoms with Crippen LogP contribution in [0.4, 0.5) is 10.7 Å². The highest BCUT2D eigenvalue weighted by molar-refractivity contribution is 6.33. The van der Waals surface area contributed by atoms with Gasteiger partial charge in [0.2, 0.25) is 5.95 Å². The molecule has 0 spiro atoms. The van der Waals surface area contributed by atoms with E-state index in [1.54, 1.807) is 30.5 Å². The van der Waals surface area contributed by atoms with Gasteiger partial charge >= 0.3 is 6.09 Å². The van der Waals surface area contributed by atoms with E-state index in [0.717, 1.165) is 36.6 Å². The van der Waals surface area contributed by atoms with Gasteiger partial charge in [0.25, 0.3) is 5.91 Å². The molecule has 1 fully saturated rings. The van der Waals surface area contributed by atoms with Crippen molar-refractivity contribution >= 4 is 40.5 Å². The number of halogens is 1. The number of carbonyl (C=O) groups is 2. The standard InChI is InChI=1S/C29H32ClN7O3/c1-29(2,3)35-28(39)40-20-13-11-17(12-14-20)26(38)32-18-7-6-8-19(15-18)33-27-31-16-22(30)25(34-27)24-21-9-4-5-10-23(21)36-37-24/h4-5,9-14,16,18-19H,6-8,15H2,1-3H3,(H,32,38)(H,35,39)(H,36,37)(H,31,33,34)/t18-,19+/m0/s1. The number of amides is 2. The summed E-state index contributed by atoms with van der Waals surface area (Å²) in [4.78, 5) is 34.0. The topological polar surface area (TPSA) is 134 Å². The van der Waals surface area contributed by atoms with Crippen LogP contribution in [0.1, 0.15) is 56.8 Å². The van der Waals surface area contributed by atoms with Crippen LogP contribution in [0.25, 0.3) is 22.3 Å². The van der Waals surface area contributed by atoms with Crippen molar-refractivity contribution in [3.05, 3.63) is 65.3 Å². The van der Waals surface area contributed by atoms with E-state index in [1.165, 1.54) is 0 Å². The summed E-state index contributed by atoms with van der Waals surface area (Å²) >= 11 is 6.45.